The van der Waals surface area contributed by atoms with E-state index in [-0.39, 0.29) is 18.0 Å². The van der Waals surface area contributed by atoms with E-state index in [0.717, 1.165) is 28.2 Å². The number of ether oxygens (including phenoxy) is 2. The van der Waals surface area contributed by atoms with E-state index < -0.39 is 0 Å². The summed E-state index contributed by atoms with van der Waals surface area (Å²) < 4.78 is 10.9. The van der Waals surface area contributed by atoms with Crippen molar-refractivity contribution in [3.05, 3.63) is 88.4 Å². The molecule has 154 valence electrons. The van der Waals surface area contributed by atoms with E-state index in [2.05, 4.69) is 5.32 Å². The van der Waals surface area contributed by atoms with Crippen LogP contribution in [0.5, 0.6) is 17.2 Å². The quantitative estimate of drug-likeness (QED) is 0.586. The number of rotatable bonds is 5. The smallest absolute Gasteiger partial charge is 0.162 e. The molecule has 0 aliphatic carbocycles. The highest BCUT2D eigenvalue weighted by Gasteiger charge is 2.29. The summed E-state index contributed by atoms with van der Waals surface area (Å²) in [5, 5.41) is 15.0. The third-order valence-corrected chi connectivity index (χ3v) is 5.53. The molecule has 0 aromatic heterocycles. The molecule has 3 aromatic carbocycles. The van der Waals surface area contributed by atoms with Crippen LogP contribution in [0.3, 0.4) is 0 Å². The highest BCUT2D eigenvalue weighted by molar-refractivity contribution is 6.30. The van der Waals surface area contributed by atoms with E-state index in [1.54, 1.807) is 20.3 Å². The van der Waals surface area contributed by atoms with E-state index in [9.17, 15) is 5.11 Å². The Hall–Kier alpha value is -3.02. The van der Waals surface area contributed by atoms with Crippen LogP contribution in [0, 0.1) is 0 Å². The number of hydrogen-bond acceptors (Lipinski definition) is 5. The van der Waals surface area contributed by atoms with E-state index in [0.29, 0.717) is 17.2 Å². The maximum atomic E-state index is 10.7. The van der Waals surface area contributed by atoms with Crippen molar-refractivity contribution >= 4 is 17.3 Å². The largest absolute Gasteiger partial charge is 0.504 e. The standard InChI is InChI=1S/C24H23ClN2O3/c1-29-21-8-4-3-6-18(21)24-26-19(15-10-12-16(25)13-11-15)14-20(27-24)17-7-5-9-22(30-2)23(17)28/h3-13,20,24,27-28H,14H2,1-2H3/t20-,24+/m1/s1. The van der Waals surface area contributed by atoms with Gasteiger partial charge in [0.2, 0.25) is 0 Å². The maximum Gasteiger partial charge on any atom is 0.162 e. The molecule has 4 rings (SSSR count). The van der Waals surface area contributed by atoms with Gasteiger partial charge < -0.3 is 14.6 Å². The Morgan fingerprint density at radius 3 is 2.30 bits per heavy atom. The predicted molar refractivity (Wildman–Crippen MR) is 119 cm³/mol. The lowest BCUT2D eigenvalue weighted by Crippen LogP contribution is -2.33. The van der Waals surface area contributed by atoms with E-state index in [1.165, 1.54) is 0 Å². The minimum atomic E-state index is -0.337. The van der Waals surface area contributed by atoms with Crippen LogP contribution in [-0.4, -0.2) is 25.0 Å². The Morgan fingerprint density at radius 1 is 0.900 bits per heavy atom. The summed E-state index contributed by atoms with van der Waals surface area (Å²) in [5.74, 6) is 1.33. The first-order valence-electron chi connectivity index (χ1n) is 9.68. The van der Waals surface area contributed by atoms with Crippen molar-refractivity contribution in [3.63, 3.8) is 0 Å². The highest BCUT2D eigenvalue weighted by atomic mass is 35.5. The lowest BCUT2D eigenvalue weighted by atomic mass is 9.93. The van der Waals surface area contributed by atoms with Crippen LogP contribution in [0.25, 0.3) is 0 Å². The van der Waals surface area contributed by atoms with Gasteiger partial charge in [-0.25, -0.2) is 0 Å². The molecule has 1 aliphatic heterocycles. The first kappa shape index (κ1) is 20.3. The summed E-state index contributed by atoms with van der Waals surface area (Å²) in [6, 6.07) is 20.8. The number of benzene rings is 3. The van der Waals surface area contributed by atoms with Crippen molar-refractivity contribution < 1.29 is 14.6 Å². The van der Waals surface area contributed by atoms with Crippen LogP contribution in [0.4, 0.5) is 0 Å². The molecule has 0 amide bonds. The minimum absolute atomic E-state index is 0.133. The second-order valence-corrected chi connectivity index (χ2v) is 7.49. The van der Waals surface area contributed by atoms with E-state index in [4.69, 9.17) is 26.1 Å². The van der Waals surface area contributed by atoms with Gasteiger partial charge in [-0.2, -0.15) is 0 Å². The van der Waals surface area contributed by atoms with Crippen molar-refractivity contribution in [2.24, 2.45) is 4.99 Å². The zero-order valence-corrected chi connectivity index (χ0v) is 17.6. The second-order valence-electron chi connectivity index (χ2n) is 7.05. The van der Waals surface area contributed by atoms with Gasteiger partial charge in [0.05, 0.1) is 14.2 Å². The summed E-state index contributed by atoms with van der Waals surface area (Å²) in [5.41, 5.74) is 3.61. The van der Waals surface area contributed by atoms with Crippen molar-refractivity contribution in [1.29, 1.82) is 0 Å². The normalized spacial score (nSPS) is 18.6. The Bertz CT molecular complexity index is 1070. The number of phenolic OH excluding ortho intramolecular Hbond substituents is 1. The monoisotopic (exact) mass is 422 g/mol. The van der Waals surface area contributed by atoms with Gasteiger partial charge in [0.25, 0.3) is 0 Å². The van der Waals surface area contributed by atoms with Gasteiger partial charge in [0.15, 0.2) is 11.5 Å². The first-order valence-corrected chi connectivity index (χ1v) is 10.1. The number of nitrogens with one attached hydrogen (secondary N) is 1. The van der Waals surface area contributed by atoms with Crippen LogP contribution in [-0.2, 0) is 0 Å². The fourth-order valence-corrected chi connectivity index (χ4v) is 3.89. The molecule has 6 heteroatoms. The van der Waals surface area contributed by atoms with Crippen molar-refractivity contribution in [2.75, 3.05) is 14.2 Å². The molecule has 0 saturated carbocycles. The molecule has 0 radical (unpaired) electrons. The number of halogens is 1. The van der Waals surface area contributed by atoms with Crippen LogP contribution in [0.15, 0.2) is 71.7 Å². The second kappa shape index (κ2) is 8.78. The number of nitrogens with zero attached hydrogens (tertiary/aromatic N) is 1. The third kappa shape index (κ3) is 3.99. The molecule has 30 heavy (non-hydrogen) atoms. The average molecular weight is 423 g/mol. The van der Waals surface area contributed by atoms with Crippen LogP contribution < -0.4 is 14.8 Å². The third-order valence-electron chi connectivity index (χ3n) is 5.28. The van der Waals surface area contributed by atoms with Crippen LogP contribution in [0.1, 0.15) is 35.3 Å². The topological polar surface area (TPSA) is 63.1 Å². The molecule has 2 atom stereocenters. The molecular formula is C24H23ClN2O3. The lowest BCUT2D eigenvalue weighted by molar-refractivity contribution is 0.357. The molecule has 0 saturated heterocycles. The maximum absolute atomic E-state index is 10.7. The number of methoxy groups -OCH3 is 2. The summed E-state index contributed by atoms with van der Waals surface area (Å²) in [6.45, 7) is 0. The van der Waals surface area contributed by atoms with Gasteiger partial charge in [-0.05, 0) is 29.8 Å². The molecule has 0 fully saturated rings. The van der Waals surface area contributed by atoms with E-state index in [1.807, 2.05) is 60.7 Å². The molecule has 5 nitrogen and oxygen atoms in total. The molecule has 0 spiro atoms. The number of aliphatic imine (C=N–C) groups is 1. The Labute approximate surface area is 180 Å². The van der Waals surface area contributed by atoms with Gasteiger partial charge in [0, 0.05) is 34.3 Å². The van der Waals surface area contributed by atoms with Crippen molar-refractivity contribution in [2.45, 2.75) is 18.6 Å². The molecule has 0 unspecified atom stereocenters. The molecule has 1 aliphatic rings. The van der Waals surface area contributed by atoms with Gasteiger partial charge >= 0.3 is 0 Å². The fraction of sp³-hybridized carbons (Fsp3) is 0.208. The predicted octanol–water partition coefficient (Wildman–Crippen LogP) is 5.29. The minimum Gasteiger partial charge on any atom is -0.504 e. The van der Waals surface area contributed by atoms with Crippen LogP contribution >= 0.6 is 11.6 Å². The zero-order chi connectivity index (χ0) is 21.1. The molecule has 0 bridgehead atoms. The van der Waals surface area contributed by atoms with Crippen LogP contribution in [0.2, 0.25) is 5.02 Å². The van der Waals surface area contributed by atoms with Gasteiger partial charge in [-0.15, -0.1) is 0 Å². The first-order chi connectivity index (χ1) is 14.6. The number of aromatic hydroxyl groups is 1. The number of para-hydroxylation sites is 2. The Balaban J connectivity index is 1.79. The zero-order valence-electron chi connectivity index (χ0n) is 16.8. The summed E-state index contributed by atoms with van der Waals surface area (Å²) in [7, 11) is 3.20. The molecule has 3 aromatic rings. The fourth-order valence-electron chi connectivity index (χ4n) is 3.76. The average Bonchev–Trinajstić information content (AvgIpc) is 2.79. The molecule has 1 heterocycles. The van der Waals surface area contributed by atoms with Gasteiger partial charge in [-0.1, -0.05) is 54.1 Å². The summed E-state index contributed by atoms with van der Waals surface area (Å²) >= 11 is 6.08. The Kier molecular flexibility index (Phi) is 5.93. The molecule has 2 N–H and O–H groups in total. The van der Waals surface area contributed by atoms with Crippen molar-refractivity contribution in [1.82, 2.24) is 5.32 Å². The van der Waals surface area contributed by atoms with Crippen molar-refractivity contribution in [3.8, 4) is 17.2 Å². The van der Waals surface area contributed by atoms with Gasteiger partial charge in [0.1, 0.15) is 11.9 Å². The van der Waals surface area contributed by atoms with E-state index >= 15 is 0 Å². The lowest BCUT2D eigenvalue weighted by Gasteiger charge is -2.31. The number of phenols is 1. The number of hydrogen-bond donors (Lipinski definition) is 2. The summed E-state index contributed by atoms with van der Waals surface area (Å²) in [6.07, 6.45) is 0.268. The SMILES string of the molecule is COc1ccccc1[C@H]1N=C(c2ccc(Cl)cc2)C[C@H](c2cccc(OC)c2O)N1. The molecular weight excluding hydrogens is 400 g/mol. The Morgan fingerprint density at radius 2 is 1.57 bits per heavy atom. The van der Waals surface area contributed by atoms with Gasteiger partial charge in [-0.3, -0.25) is 10.3 Å². The highest BCUT2D eigenvalue weighted by Crippen LogP contribution is 2.39. The summed E-state index contributed by atoms with van der Waals surface area (Å²) in [4.78, 5) is 4.98.